The zero-order valence-corrected chi connectivity index (χ0v) is 16.5. The number of benzene rings is 1. The first-order valence-corrected chi connectivity index (χ1v) is 10.0. The van der Waals surface area contributed by atoms with E-state index in [9.17, 15) is 9.18 Å². The molecule has 1 aliphatic heterocycles. The predicted octanol–water partition coefficient (Wildman–Crippen LogP) is 4.26. The lowest BCUT2D eigenvalue weighted by Gasteiger charge is -2.17. The molecule has 0 radical (unpaired) electrons. The number of carbonyl (C=O) groups excluding carboxylic acids is 1. The van der Waals surface area contributed by atoms with Crippen molar-refractivity contribution in [1.29, 1.82) is 0 Å². The van der Waals surface area contributed by atoms with Crippen LogP contribution in [0, 0.1) is 12.7 Å². The van der Waals surface area contributed by atoms with Gasteiger partial charge in [0.2, 0.25) is 11.5 Å². The van der Waals surface area contributed by atoms with E-state index in [2.05, 4.69) is 22.2 Å². The van der Waals surface area contributed by atoms with Gasteiger partial charge < -0.3 is 14.6 Å². The van der Waals surface area contributed by atoms with E-state index in [-0.39, 0.29) is 29.0 Å². The van der Waals surface area contributed by atoms with Gasteiger partial charge in [0.05, 0.1) is 5.39 Å². The maximum absolute atomic E-state index is 13.2. The number of nitrogens with zero attached hydrogens (tertiary/aromatic N) is 3. The lowest BCUT2D eigenvalue weighted by molar-refractivity contribution is 0.0779. The summed E-state index contributed by atoms with van der Waals surface area (Å²) in [5.74, 6) is 1.29. The maximum Gasteiger partial charge on any atom is 0.291 e. The van der Waals surface area contributed by atoms with E-state index in [1.807, 2.05) is 13.0 Å². The molecule has 150 valence electrons. The van der Waals surface area contributed by atoms with Crippen molar-refractivity contribution in [2.24, 2.45) is 0 Å². The molecular formula is C22H23FN4O2. The van der Waals surface area contributed by atoms with Crippen LogP contribution in [0.5, 0.6) is 0 Å². The average Bonchev–Trinajstić information content (AvgIpc) is 3.08. The molecule has 1 unspecified atom stereocenters. The van der Waals surface area contributed by atoms with E-state index in [0.717, 1.165) is 36.0 Å². The third-order valence-electron chi connectivity index (χ3n) is 5.94. The number of carbonyl (C=O) groups is 1. The van der Waals surface area contributed by atoms with E-state index >= 15 is 0 Å². The van der Waals surface area contributed by atoms with Gasteiger partial charge in [-0.1, -0.05) is 12.1 Å². The van der Waals surface area contributed by atoms with Gasteiger partial charge in [0, 0.05) is 24.5 Å². The van der Waals surface area contributed by atoms with Gasteiger partial charge >= 0.3 is 0 Å². The van der Waals surface area contributed by atoms with E-state index < -0.39 is 0 Å². The standard InChI is InChI=1S/C22H23FN4O2/c1-13-11-17-18(26-22(2)8-9-22)24-19(25-20(17)29-13)21(28)27-10-7-15(12-27)14-3-5-16(23)6-4-14/h3-6,11,15H,7-10,12H2,1-2H3,(H,24,25,26). The Labute approximate surface area is 168 Å². The van der Waals surface area contributed by atoms with E-state index in [4.69, 9.17) is 4.42 Å². The van der Waals surface area contributed by atoms with E-state index in [1.54, 1.807) is 17.0 Å². The quantitative estimate of drug-likeness (QED) is 0.716. The van der Waals surface area contributed by atoms with Gasteiger partial charge in [0.25, 0.3) is 5.91 Å². The molecule has 29 heavy (non-hydrogen) atoms. The molecule has 2 fully saturated rings. The Balaban J connectivity index is 1.41. The van der Waals surface area contributed by atoms with Gasteiger partial charge in [-0.25, -0.2) is 9.37 Å². The van der Waals surface area contributed by atoms with Crippen molar-refractivity contribution >= 4 is 22.8 Å². The summed E-state index contributed by atoms with van der Waals surface area (Å²) < 4.78 is 18.9. The number of aryl methyl sites for hydroxylation is 1. The zero-order chi connectivity index (χ0) is 20.2. The Hall–Kier alpha value is -2.96. The molecule has 1 atom stereocenters. The lowest BCUT2D eigenvalue weighted by Crippen LogP contribution is -2.30. The number of likely N-dealkylation sites (tertiary alicyclic amines) is 1. The monoisotopic (exact) mass is 394 g/mol. The number of hydrogen-bond donors (Lipinski definition) is 1. The SMILES string of the molecule is Cc1cc2c(NC3(C)CC3)nc(C(=O)N3CCC(c4ccc(F)cc4)C3)nc2o1. The molecule has 0 spiro atoms. The minimum Gasteiger partial charge on any atom is -0.443 e. The van der Waals surface area contributed by atoms with Crippen molar-refractivity contribution in [3.05, 3.63) is 53.3 Å². The fourth-order valence-electron chi connectivity index (χ4n) is 3.92. The van der Waals surface area contributed by atoms with E-state index in [1.165, 1.54) is 12.1 Å². The molecule has 5 rings (SSSR count). The summed E-state index contributed by atoms with van der Waals surface area (Å²) in [6.07, 6.45) is 2.98. The maximum atomic E-state index is 13.2. The van der Waals surface area contributed by atoms with Crippen LogP contribution in [0.4, 0.5) is 10.2 Å². The van der Waals surface area contributed by atoms with E-state index in [0.29, 0.717) is 24.6 Å². The highest BCUT2D eigenvalue weighted by Gasteiger charge is 2.38. The lowest BCUT2D eigenvalue weighted by atomic mass is 9.99. The number of aromatic nitrogens is 2. The van der Waals surface area contributed by atoms with Crippen LogP contribution in [-0.2, 0) is 0 Å². The first-order valence-electron chi connectivity index (χ1n) is 10.0. The Morgan fingerprint density at radius 3 is 2.76 bits per heavy atom. The number of fused-ring (bicyclic) bond motifs is 1. The number of anilines is 1. The van der Waals surface area contributed by atoms with Gasteiger partial charge in [0.1, 0.15) is 17.4 Å². The van der Waals surface area contributed by atoms with Crippen molar-refractivity contribution in [3.8, 4) is 0 Å². The predicted molar refractivity (Wildman–Crippen MR) is 107 cm³/mol. The van der Waals surface area contributed by atoms with Crippen LogP contribution in [0.1, 0.15) is 54.0 Å². The minimum atomic E-state index is -0.250. The molecule has 6 nitrogen and oxygen atoms in total. The number of hydrogen-bond acceptors (Lipinski definition) is 5. The number of furan rings is 1. The van der Waals surface area contributed by atoms with Crippen LogP contribution in [0.15, 0.2) is 34.7 Å². The first-order chi connectivity index (χ1) is 13.9. The Morgan fingerprint density at radius 1 is 1.28 bits per heavy atom. The molecule has 1 aliphatic carbocycles. The van der Waals surface area contributed by atoms with Gasteiger partial charge in [0.15, 0.2) is 0 Å². The average molecular weight is 394 g/mol. The fourth-order valence-corrected chi connectivity index (χ4v) is 3.92. The second kappa shape index (κ2) is 6.54. The molecule has 3 aromatic rings. The summed E-state index contributed by atoms with van der Waals surface area (Å²) in [5, 5.41) is 4.26. The molecule has 2 aliphatic rings. The Morgan fingerprint density at radius 2 is 2.03 bits per heavy atom. The molecule has 1 aromatic carbocycles. The molecule has 1 saturated carbocycles. The summed E-state index contributed by atoms with van der Waals surface area (Å²) in [7, 11) is 0. The zero-order valence-electron chi connectivity index (χ0n) is 16.5. The van der Waals surface area contributed by atoms with Crippen molar-refractivity contribution in [3.63, 3.8) is 0 Å². The second-order valence-electron chi connectivity index (χ2n) is 8.45. The largest absolute Gasteiger partial charge is 0.443 e. The third-order valence-corrected chi connectivity index (χ3v) is 5.94. The second-order valence-corrected chi connectivity index (χ2v) is 8.45. The van der Waals surface area contributed by atoms with Gasteiger partial charge in [-0.05, 0) is 56.9 Å². The molecule has 7 heteroatoms. The summed E-state index contributed by atoms with van der Waals surface area (Å²) >= 11 is 0. The van der Waals surface area contributed by atoms with Gasteiger partial charge in [-0.15, -0.1) is 0 Å². The van der Waals surface area contributed by atoms with Crippen LogP contribution in [0.2, 0.25) is 0 Å². The summed E-state index contributed by atoms with van der Waals surface area (Å²) in [6.45, 7) is 5.20. The van der Waals surface area contributed by atoms with Crippen LogP contribution < -0.4 is 5.32 Å². The van der Waals surface area contributed by atoms with Gasteiger partial charge in [-0.2, -0.15) is 4.98 Å². The molecule has 1 saturated heterocycles. The Bertz CT molecular complexity index is 1090. The number of rotatable bonds is 4. The van der Waals surface area contributed by atoms with Crippen LogP contribution in [-0.4, -0.2) is 39.4 Å². The summed E-state index contributed by atoms with van der Waals surface area (Å²) in [5.41, 5.74) is 1.50. The molecule has 0 bridgehead atoms. The summed E-state index contributed by atoms with van der Waals surface area (Å²) in [6, 6.07) is 8.41. The first kappa shape index (κ1) is 18.1. The number of halogens is 1. The third kappa shape index (κ3) is 3.45. The minimum absolute atomic E-state index is 0.0219. The van der Waals surface area contributed by atoms with Gasteiger partial charge in [-0.3, -0.25) is 4.79 Å². The van der Waals surface area contributed by atoms with Crippen molar-refractivity contribution in [2.45, 2.75) is 44.6 Å². The van der Waals surface area contributed by atoms with Crippen LogP contribution >= 0.6 is 0 Å². The van der Waals surface area contributed by atoms with Crippen molar-refractivity contribution < 1.29 is 13.6 Å². The smallest absolute Gasteiger partial charge is 0.291 e. The van der Waals surface area contributed by atoms with Crippen LogP contribution in [0.3, 0.4) is 0 Å². The molecular weight excluding hydrogens is 371 g/mol. The van der Waals surface area contributed by atoms with Crippen molar-refractivity contribution in [1.82, 2.24) is 14.9 Å². The highest BCUT2D eigenvalue weighted by molar-refractivity contribution is 5.95. The fraction of sp³-hybridized carbons (Fsp3) is 0.409. The van der Waals surface area contributed by atoms with Crippen molar-refractivity contribution in [2.75, 3.05) is 18.4 Å². The summed E-state index contributed by atoms with van der Waals surface area (Å²) in [4.78, 5) is 23.9. The number of nitrogens with one attached hydrogen (secondary N) is 1. The molecule has 3 heterocycles. The van der Waals surface area contributed by atoms with Crippen LogP contribution in [0.25, 0.3) is 11.1 Å². The Kier molecular flexibility index (Phi) is 4.08. The highest BCUT2D eigenvalue weighted by atomic mass is 19.1. The number of amides is 1. The molecule has 1 amide bonds. The molecule has 1 N–H and O–H groups in total. The highest BCUT2D eigenvalue weighted by Crippen LogP contribution is 2.39. The normalized spacial score (nSPS) is 20.2. The topological polar surface area (TPSA) is 71.3 Å². The molecule has 2 aromatic heterocycles.